The quantitative estimate of drug-likeness (QED) is 0.589. The van der Waals surface area contributed by atoms with Crippen molar-refractivity contribution in [3.63, 3.8) is 0 Å². The van der Waals surface area contributed by atoms with Gasteiger partial charge in [0.05, 0.1) is 0 Å². The van der Waals surface area contributed by atoms with Crippen molar-refractivity contribution in [2.24, 2.45) is 59.2 Å². The molecule has 0 aliphatic heterocycles. The summed E-state index contributed by atoms with van der Waals surface area (Å²) in [6, 6.07) is 0. The molecule has 3 aliphatic carbocycles. The molecule has 3 fully saturated rings. The predicted molar refractivity (Wildman–Crippen MR) is 87.4 cm³/mol. The third-order valence-corrected chi connectivity index (χ3v) is 7.52. The Morgan fingerprint density at radius 2 is 1.50 bits per heavy atom. The molecule has 0 bridgehead atoms. The molecule has 3 saturated carbocycles. The van der Waals surface area contributed by atoms with Crippen LogP contribution < -0.4 is 0 Å². The summed E-state index contributed by atoms with van der Waals surface area (Å²) in [6.45, 7) is 14.8. The summed E-state index contributed by atoms with van der Waals surface area (Å²) in [6.07, 6.45) is 6.20. The Kier molecular flexibility index (Phi) is 3.97. The van der Waals surface area contributed by atoms with E-state index in [1.165, 1.54) is 6.42 Å². The summed E-state index contributed by atoms with van der Waals surface area (Å²) in [5.74, 6) is 10.3. The summed E-state index contributed by atoms with van der Waals surface area (Å²) in [7, 11) is 0. The standard InChI is InChI=1S/C20H36/c1-11(2)18-13(5)9-16-10-15(20(16)18)7-8-17-14(6)19(17)12(3)4/h11-20H,7-10H2,1-6H3. The highest BCUT2D eigenvalue weighted by Crippen LogP contribution is 2.61. The van der Waals surface area contributed by atoms with Crippen LogP contribution in [0.2, 0.25) is 0 Å². The Labute approximate surface area is 127 Å². The first kappa shape index (κ1) is 14.9. The van der Waals surface area contributed by atoms with E-state index in [1.54, 1.807) is 19.3 Å². The van der Waals surface area contributed by atoms with Gasteiger partial charge in [-0.1, -0.05) is 41.5 Å². The van der Waals surface area contributed by atoms with Crippen LogP contribution >= 0.6 is 0 Å². The van der Waals surface area contributed by atoms with Crippen LogP contribution in [0.3, 0.4) is 0 Å². The molecule has 0 heteroatoms. The van der Waals surface area contributed by atoms with Crippen molar-refractivity contribution in [1.82, 2.24) is 0 Å². The number of hydrogen-bond donors (Lipinski definition) is 0. The Bertz CT molecular complexity index is 342. The van der Waals surface area contributed by atoms with Gasteiger partial charge in [-0.15, -0.1) is 0 Å². The molecule has 0 aromatic carbocycles. The van der Waals surface area contributed by atoms with Crippen LogP contribution in [0.1, 0.15) is 67.2 Å². The Balaban J connectivity index is 1.51. The molecule has 3 rings (SSSR count). The summed E-state index contributed by atoms with van der Waals surface area (Å²) < 4.78 is 0. The van der Waals surface area contributed by atoms with E-state index < -0.39 is 0 Å². The van der Waals surface area contributed by atoms with Crippen LogP contribution in [0.15, 0.2) is 0 Å². The molecule has 0 spiro atoms. The largest absolute Gasteiger partial charge is 0.0625 e. The average molecular weight is 277 g/mol. The van der Waals surface area contributed by atoms with Crippen molar-refractivity contribution in [3.05, 3.63) is 0 Å². The second kappa shape index (κ2) is 5.33. The van der Waals surface area contributed by atoms with Gasteiger partial charge in [0.25, 0.3) is 0 Å². The van der Waals surface area contributed by atoms with Crippen LogP contribution in [0, 0.1) is 59.2 Å². The molecule has 0 amide bonds. The molecule has 0 saturated heterocycles. The van der Waals surface area contributed by atoms with Crippen LogP contribution in [-0.4, -0.2) is 0 Å². The van der Waals surface area contributed by atoms with Crippen LogP contribution in [0.25, 0.3) is 0 Å². The molecule has 0 aromatic rings. The SMILES string of the molecule is CC(C)C1C(C)C1CCC1CC2CC(C)C(C(C)C)C12. The maximum Gasteiger partial charge on any atom is -0.0324 e. The zero-order chi connectivity index (χ0) is 14.6. The average Bonchev–Trinajstić information content (AvgIpc) is 2.90. The highest BCUT2D eigenvalue weighted by atomic mass is 14.6. The maximum atomic E-state index is 2.53. The Morgan fingerprint density at radius 3 is 2.05 bits per heavy atom. The predicted octanol–water partition coefficient (Wildman–Crippen LogP) is 5.87. The van der Waals surface area contributed by atoms with E-state index in [0.717, 1.165) is 59.2 Å². The molecule has 3 aliphatic rings. The minimum Gasteiger partial charge on any atom is -0.0625 e. The lowest BCUT2D eigenvalue weighted by molar-refractivity contribution is 0.0373. The summed E-state index contributed by atoms with van der Waals surface area (Å²) in [5.41, 5.74) is 0. The van der Waals surface area contributed by atoms with Gasteiger partial charge in [-0.2, -0.15) is 0 Å². The Morgan fingerprint density at radius 1 is 0.850 bits per heavy atom. The molecular formula is C20H36. The summed E-state index contributed by atoms with van der Waals surface area (Å²) >= 11 is 0. The van der Waals surface area contributed by atoms with E-state index in [0.29, 0.717) is 0 Å². The van der Waals surface area contributed by atoms with Gasteiger partial charge in [0.15, 0.2) is 0 Å². The minimum absolute atomic E-state index is 0.908. The van der Waals surface area contributed by atoms with Crippen molar-refractivity contribution in [1.29, 1.82) is 0 Å². The fourth-order valence-electron chi connectivity index (χ4n) is 6.74. The van der Waals surface area contributed by atoms with Crippen molar-refractivity contribution in [3.8, 4) is 0 Å². The highest BCUT2D eigenvalue weighted by molar-refractivity contribution is 5.03. The first-order valence-corrected chi connectivity index (χ1v) is 9.41. The van der Waals surface area contributed by atoms with Crippen LogP contribution in [0.4, 0.5) is 0 Å². The van der Waals surface area contributed by atoms with Gasteiger partial charge < -0.3 is 0 Å². The molecule has 8 unspecified atom stereocenters. The number of rotatable bonds is 5. The van der Waals surface area contributed by atoms with E-state index >= 15 is 0 Å². The lowest BCUT2D eigenvalue weighted by Gasteiger charge is -2.45. The highest BCUT2D eigenvalue weighted by Gasteiger charge is 2.54. The number of hydrogen-bond acceptors (Lipinski definition) is 0. The maximum absolute atomic E-state index is 2.53. The van der Waals surface area contributed by atoms with Gasteiger partial charge >= 0.3 is 0 Å². The molecule has 0 heterocycles. The van der Waals surface area contributed by atoms with Gasteiger partial charge in [0, 0.05) is 0 Å². The fraction of sp³-hybridized carbons (Fsp3) is 1.00. The normalized spacial score (nSPS) is 50.4. The summed E-state index contributed by atoms with van der Waals surface area (Å²) in [4.78, 5) is 0. The summed E-state index contributed by atoms with van der Waals surface area (Å²) in [5, 5.41) is 0. The molecular weight excluding hydrogens is 240 g/mol. The Hall–Kier alpha value is 0. The van der Waals surface area contributed by atoms with E-state index in [-0.39, 0.29) is 0 Å². The van der Waals surface area contributed by atoms with Gasteiger partial charge in [-0.05, 0) is 84.9 Å². The topological polar surface area (TPSA) is 0 Å². The molecule has 0 nitrogen and oxygen atoms in total. The number of fused-ring (bicyclic) bond motifs is 1. The smallest absolute Gasteiger partial charge is 0.0324 e. The second-order valence-corrected chi connectivity index (χ2v) is 9.29. The van der Waals surface area contributed by atoms with Crippen LogP contribution in [0.5, 0.6) is 0 Å². The monoisotopic (exact) mass is 276 g/mol. The lowest BCUT2D eigenvalue weighted by atomic mass is 9.60. The molecule has 116 valence electrons. The first-order chi connectivity index (χ1) is 9.41. The lowest BCUT2D eigenvalue weighted by Crippen LogP contribution is -2.38. The molecule has 0 radical (unpaired) electrons. The van der Waals surface area contributed by atoms with Gasteiger partial charge in [0.2, 0.25) is 0 Å². The van der Waals surface area contributed by atoms with E-state index in [9.17, 15) is 0 Å². The third-order valence-electron chi connectivity index (χ3n) is 7.52. The second-order valence-electron chi connectivity index (χ2n) is 9.29. The van der Waals surface area contributed by atoms with Crippen molar-refractivity contribution in [2.75, 3.05) is 0 Å². The van der Waals surface area contributed by atoms with E-state index in [1.807, 2.05) is 0 Å². The third kappa shape index (κ3) is 2.35. The zero-order valence-corrected chi connectivity index (χ0v) is 14.6. The van der Waals surface area contributed by atoms with E-state index in [4.69, 9.17) is 0 Å². The van der Waals surface area contributed by atoms with Crippen molar-refractivity contribution < 1.29 is 0 Å². The molecule has 8 atom stereocenters. The van der Waals surface area contributed by atoms with Crippen molar-refractivity contribution in [2.45, 2.75) is 67.2 Å². The van der Waals surface area contributed by atoms with Gasteiger partial charge in [-0.3, -0.25) is 0 Å². The first-order valence-electron chi connectivity index (χ1n) is 9.41. The fourth-order valence-corrected chi connectivity index (χ4v) is 6.74. The minimum atomic E-state index is 0.908. The zero-order valence-electron chi connectivity index (χ0n) is 14.6. The molecule has 0 N–H and O–H groups in total. The molecule has 20 heavy (non-hydrogen) atoms. The van der Waals surface area contributed by atoms with Gasteiger partial charge in [0.1, 0.15) is 0 Å². The van der Waals surface area contributed by atoms with E-state index in [2.05, 4.69) is 41.5 Å². The van der Waals surface area contributed by atoms with Gasteiger partial charge in [-0.25, -0.2) is 0 Å². The molecule has 0 aromatic heterocycles. The van der Waals surface area contributed by atoms with Crippen molar-refractivity contribution >= 4 is 0 Å². The van der Waals surface area contributed by atoms with Crippen LogP contribution in [-0.2, 0) is 0 Å².